The van der Waals surface area contributed by atoms with Gasteiger partial charge >= 0.3 is 0 Å². The maximum atomic E-state index is 4.32. The van der Waals surface area contributed by atoms with Gasteiger partial charge in [-0.15, -0.1) is 0 Å². The molecule has 0 aliphatic carbocycles. The van der Waals surface area contributed by atoms with E-state index in [9.17, 15) is 0 Å². The number of anilines is 3. The minimum absolute atomic E-state index is 0.381. The van der Waals surface area contributed by atoms with E-state index in [0.29, 0.717) is 17.8 Å². The smallest absolute Gasteiger partial charge is 0.258 e. The molecule has 2 N–H and O–H groups in total. The lowest BCUT2D eigenvalue weighted by Gasteiger charge is -2.08. The molecule has 0 bridgehead atoms. The molecule has 0 fully saturated rings. The van der Waals surface area contributed by atoms with Gasteiger partial charge in [-0.25, -0.2) is 4.98 Å². The summed E-state index contributed by atoms with van der Waals surface area (Å²) in [5.41, 5.74) is 0.871. The van der Waals surface area contributed by atoms with E-state index in [1.54, 1.807) is 7.05 Å². The lowest BCUT2D eigenvalue weighted by Crippen LogP contribution is -2.09. The molecule has 0 spiro atoms. The topological polar surface area (TPSA) is 93.4 Å². The third-order valence-corrected chi connectivity index (χ3v) is 3.10. The number of halogens is 1. The second-order valence-electron chi connectivity index (χ2n) is 4.00. The van der Waals surface area contributed by atoms with Gasteiger partial charge in [0.2, 0.25) is 11.9 Å². The maximum Gasteiger partial charge on any atom is 0.258 e. The van der Waals surface area contributed by atoms with Gasteiger partial charge in [0.05, 0.1) is 0 Å². The second kappa shape index (κ2) is 5.83. The summed E-state index contributed by atoms with van der Waals surface area (Å²) in [6.45, 7) is 0. The van der Waals surface area contributed by atoms with E-state index in [4.69, 9.17) is 0 Å². The number of nitrogens with zero attached hydrogens (tertiary/aromatic N) is 6. The Bertz CT molecular complexity index is 726. The standard InChI is InChI=1S/C12H11BrN8/c1-14-10-18-11(17-9-4-2-8(13)3-5-9)20-12(19-10)21-7-15-6-16-21/h2-7H,1H3,(H2,14,17,18,19,20). The van der Waals surface area contributed by atoms with Gasteiger partial charge in [-0.2, -0.15) is 24.7 Å². The van der Waals surface area contributed by atoms with E-state index in [-0.39, 0.29) is 0 Å². The van der Waals surface area contributed by atoms with Crippen LogP contribution in [0, 0.1) is 0 Å². The van der Waals surface area contributed by atoms with Gasteiger partial charge < -0.3 is 10.6 Å². The van der Waals surface area contributed by atoms with Crippen molar-refractivity contribution in [2.45, 2.75) is 0 Å². The van der Waals surface area contributed by atoms with Crippen LogP contribution in [0.5, 0.6) is 0 Å². The highest BCUT2D eigenvalue weighted by Gasteiger charge is 2.08. The van der Waals surface area contributed by atoms with Crippen LogP contribution in [0.25, 0.3) is 5.95 Å². The van der Waals surface area contributed by atoms with Crippen molar-refractivity contribution in [2.75, 3.05) is 17.7 Å². The molecule has 0 saturated carbocycles. The highest BCUT2D eigenvalue weighted by Crippen LogP contribution is 2.18. The molecule has 0 radical (unpaired) electrons. The summed E-state index contributed by atoms with van der Waals surface area (Å²) in [7, 11) is 1.74. The van der Waals surface area contributed by atoms with Crippen LogP contribution in [0.1, 0.15) is 0 Å². The summed E-state index contributed by atoms with van der Waals surface area (Å²) in [5, 5.41) is 10.0. The molecule has 2 heterocycles. The Balaban J connectivity index is 1.94. The van der Waals surface area contributed by atoms with Crippen molar-refractivity contribution in [3.63, 3.8) is 0 Å². The zero-order chi connectivity index (χ0) is 14.7. The molecular formula is C12H11BrN8. The molecule has 0 aliphatic heterocycles. The van der Waals surface area contributed by atoms with Crippen LogP contribution in [0.15, 0.2) is 41.4 Å². The first-order valence-electron chi connectivity index (χ1n) is 6.06. The van der Waals surface area contributed by atoms with E-state index in [1.165, 1.54) is 17.3 Å². The van der Waals surface area contributed by atoms with Crippen LogP contribution in [-0.4, -0.2) is 36.8 Å². The lowest BCUT2D eigenvalue weighted by molar-refractivity contribution is 0.798. The van der Waals surface area contributed by atoms with Crippen molar-refractivity contribution in [1.29, 1.82) is 0 Å². The first-order valence-corrected chi connectivity index (χ1v) is 6.85. The molecule has 0 atom stereocenters. The fourth-order valence-electron chi connectivity index (χ4n) is 1.61. The number of nitrogens with one attached hydrogen (secondary N) is 2. The fraction of sp³-hybridized carbons (Fsp3) is 0.0833. The number of hydrogen-bond donors (Lipinski definition) is 2. The molecule has 21 heavy (non-hydrogen) atoms. The van der Waals surface area contributed by atoms with Crippen molar-refractivity contribution in [1.82, 2.24) is 29.7 Å². The third-order valence-electron chi connectivity index (χ3n) is 2.57. The minimum atomic E-state index is 0.381. The van der Waals surface area contributed by atoms with E-state index >= 15 is 0 Å². The Hall–Kier alpha value is -2.55. The summed E-state index contributed by atoms with van der Waals surface area (Å²) in [4.78, 5) is 16.7. The summed E-state index contributed by atoms with van der Waals surface area (Å²) in [6.07, 6.45) is 2.95. The van der Waals surface area contributed by atoms with Crippen molar-refractivity contribution < 1.29 is 0 Å². The highest BCUT2D eigenvalue weighted by molar-refractivity contribution is 9.10. The van der Waals surface area contributed by atoms with Crippen LogP contribution in [0.3, 0.4) is 0 Å². The van der Waals surface area contributed by atoms with Crippen LogP contribution in [0.2, 0.25) is 0 Å². The first-order chi connectivity index (χ1) is 10.2. The molecule has 3 rings (SSSR count). The fourth-order valence-corrected chi connectivity index (χ4v) is 1.87. The number of hydrogen-bond acceptors (Lipinski definition) is 7. The molecule has 0 unspecified atom stereocenters. The van der Waals surface area contributed by atoms with Gasteiger partial charge in [0.25, 0.3) is 5.95 Å². The summed E-state index contributed by atoms with van der Waals surface area (Å²) >= 11 is 3.39. The van der Waals surface area contributed by atoms with Gasteiger partial charge in [0, 0.05) is 17.2 Å². The van der Waals surface area contributed by atoms with Crippen LogP contribution < -0.4 is 10.6 Å². The van der Waals surface area contributed by atoms with Gasteiger partial charge in [-0.1, -0.05) is 15.9 Å². The Morgan fingerprint density at radius 3 is 2.48 bits per heavy atom. The molecule has 9 heteroatoms. The van der Waals surface area contributed by atoms with Crippen LogP contribution >= 0.6 is 15.9 Å². The average molecular weight is 347 g/mol. The van der Waals surface area contributed by atoms with Gasteiger partial charge in [-0.05, 0) is 24.3 Å². The summed E-state index contributed by atoms with van der Waals surface area (Å²) in [5.74, 6) is 1.24. The summed E-state index contributed by atoms with van der Waals surface area (Å²) < 4.78 is 2.47. The number of benzene rings is 1. The Morgan fingerprint density at radius 2 is 1.81 bits per heavy atom. The van der Waals surface area contributed by atoms with Crippen molar-refractivity contribution in [3.05, 3.63) is 41.4 Å². The van der Waals surface area contributed by atoms with Crippen molar-refractivity contribution in [2.24, 2.45) is 0 Å². The second-order valence-corrected chi connectivity index (χ2v) is 4.92. The van der Waals surface area contributed by atoms with Gasteiger partial charge in [0.15, 0.2) is 0 Å². The molecule has 2 aromatic heterocycles. The normalized spacial score (nSPS) is 10.4. The molecule has 1 aromatic carbocycles. The first kappa shape index (κ1) is 13.4. The Labute approximate surface area is 128 Å². The zero-order valence-electron chi connectivity index (χ0n) is 11.0. The average Bonchev–Trinajstić information content (AvgIpc) is 3.04. The quantitative estimate of drug-likeness (QED) is 0.746. The van der Waals surface area contributed by atoms with Crippen LogP contribution in [0.4, 0.5) is 17.6 Å². The van der Waals surface area contributed by atoms with E-state index < -0.39 is 0 Å². The van der Waals surface area contributed by atoms with Gasteiger partial charge in [0.1, 0.15) is 12.7 Å². The van der Waals surface area contributed by atoms with E-state index in [0.717, 1.165) is 10.2 Å². The predicted octanol–water partition coefficient (Wildman–Crippen LogP) is 2.00. The van der Waals surface area contributed by atoms with E-state index in [2.05, 4.69) is 51.6 Å². The minimum Gasteiger partial charge on any atom is -0.357 e. The highest BCUT2D eigenvalue weighted by atomic mass is 79.9. The predicted molar refractivity (Wildman–Crippen MR) is 81.7 cm³/mol. The Kier molecular flexibility index (Phi) is 3.73. The van der Waals surface area contributed by atoms with E-state index in [1.807, 2.05) is 24.3 Å². The molecule has 8 nitrogen and oxygen atoms in total. The maximum absolute atomic E-state index is 4.32. The van der Waals surface area contributed by atoms with Crippen molar-refractivity contribution in [3.8, 4) is 5.95 Å². The number of rotatable bonds is 4. The summed E-state index contributed by atoms with van der Waals surface area (Å²) in [6, 6.07) is 7.70. The molecule has 106 valence electrons. The van der Waals surface area contributed by atoms with Crippen molar-refractivity contribution >= 4 is 33.5 Å². The molecule has 0 aliphatic rings. The molecule has 0 amide bonds. The monoisotopic (exact) mass is 346 g/mol. The Morgan fingerprint density at radius 1 is 1.05 bits per heavy atom. The molecule has 0 saturated heterocycles. The zero-order valence-corrected chi connectivity index (χ0v) is 12.6. The third kappa shape index (κ3) is 3.14. The largest absolute Gasteiger partial charge is 0.357 e. The lowest BCUT2D eigenvalue weighted by atomic mass is 10.3. The van der Waals surface area contributed by atoms with Gasteiger partial charge in [-0.3, -0.25) is 0 Å². The molecule has 3 aromatic rings. The number of aromatic nitrogens is 6. The molecular weight excluding hydrogens is 336 g/mol. The SMILES string of the molecule is CNc1nc(Nc2ccc(Br)cc2)nc(-n2cncn2)n1. The van der Waals surface area contributed by atoms with Crippen LogP contribution in [-0.2, 0) is 0 Å².